The Kier molecular flexibility index (Phi) is 3.91. The van der Waals surface area contributed by atoms with Crippen molar-refractivity contribution in [1.82, 2.24) is 5.32 Å². The van der Waals surface area contributed by atoms with Gasteiger partial charge >= 0.3 is 0 Å². The van der Waals surface area contributed by atoms with E-state index in [0.717, 1.165) is 18.4 Å². The molecule has 0 radical (unpaired) electrons. The predicted molar refractivity (Wildman–Crippen MR) is 63.5 cm³/mol. The summed E-state index contributed by atoms with van der Waals surface area (Å²) < 4.78 is 13.4. The monoisotopic (exact) mass is 222 g/mol. The molecule has 3 heteroatoms. The lowest BCUT2D eigenvalue weighted by Crippen LogP contribution is -2.46. The van der Waals surface area contributed by atoms with Crippen LogP contribution in [0.2, 0.25) is 0 Å². The molecule has 0 aliphatic heterocycles. The molecule has 0 saturated heterocycles. The first-order valence-corrected chi connectivity index (χ1v) is 6.00. The third-order valence-electron chi connectivity index (χ3n) is 3.33. The van der Waals surface area contributed by atoms with Gasteiger partial charge in [-0.3, -0.25) is 0 Å². The Balaban J connectivity index is 1.89. The van der Waals surface area contributed by atoms with Crippen molar-refractivity contribution < 1.29 is 4.39 Å². The van der Waals surface area contributed by atoms with Crippen molar-refractivity contribution in [1.29, 1.82) is 0 Å². The Bertz CT molecular complexity index is 340. The molecule has 2 nitrogen and oxygen atoms in total. The fraction of sp³-hybridized carbons (Fsp3) is 0.538. The fourth-order valence-corrected chi connectivity index (χ4v) is 2.30. The van der Waals surface area contributed by atoms with Crippen molar-refractivity contribution in [3.05, 3.63) is 35.6 Å². The number of nitrogens with two attached hydrogens (primary N) is 1. The van der Waals surface area contributed by atoms with Crippen molar-refractivity contribution >= 4 is 0 Å². The topological polar surface area (TPSA) is 38.0 Å². The Morgan fingerprint density at radius 2 is 2.00 bits per heavy atom. The highest BCUT2D eigenvalue weighted by atomic mass is 19.1. The number of rotatable bonds is 3. The van der Waals surface area contributed by atoms with E-state index < -0.39 is 0 Å². The van der Waals surface area contributed by atoms with E-state index in [1.165, 1.54) is 18.9 Å². The Morgan fingerprint density at radius 3 is 2.75 bits per heavy atom. The summed E-state index contributed by atoms with van der Waals surface area (Å²) in [6, 6.07) is 7.45. The average molecular weight is 222 g/mol. The highest BCUT2D eigenvalue weighted by Crippen LogP contribution is 2.17. The summed E-state index contributed by atoms with van der Waals surface area (Å²) in [5.41, 5.74) is 6.75. The molecule has 16 heavy (non-hydrogen) atoms. The quantitative estimate of drug-likeness (QED) is 0.822. The van der Waals surface area contributed by atoms with Crippen molar-refractivity contribution in [3.63, 3.8) is 0 Å². The van der Waals surface area contributed by atoms with Crippen LogP contribution >= 0.6 is 0 Å². The Labute approximate surface area is 96.0 Å². The molecular formula is C13H19FN2. The molecule has 0 heterocycles. The number of hydrogen-bond acceptors (Lipinski definition) is 2. The first-order valence-electron chi connectivity index (χ1n) is 6.00. The molecule has 88 valence electrons. The molecule has 1 aromatic rings. The molecule has 0 aromatic heterocycles. The maximum atomic E-state index is 13.4. The maximum Gasteiger partial charge on any atom is 0.127 e. The van der Waals surface area contributed by atoms with Crippen LogP contribution in [0.25, 0.3) is 0 Å². The largest absolute Gasteiger partial charge is 0.326 e. The Hall–Kier alpha value is -0.930. The third kappa shape index (κ3) is 2.80. The van der Waals surface area contributed by atoms with Crippen LogP contribution in [-0.2, 0) is 6.54 Å². The van der Waals surface area contributed by atoms with E-state index in [1.807, 2.05) is 12.1 Å². The second-order valence-electron chi connectivity index (χ2n) is 4.53. The second-order valence-corrected chi connectivity index (χ2v) is 4.53. The first-order chi connectivity index (χ1) is 7.77. The van der Waals surface area contributed by atoms with Crippen molar-refractivity contribution in [2.75, 3.05) is 0 Å². The predicted octanol–water partition coefficient (Wildman–Crippen LogP) is 2.19. The summed E-state index contributed by atoms with van der Waals surface area (Å²) in [5.74, 6) is -0.139. The van der Waals surface area contributed by atoms with E-state index in [9.17, 15) is 4.39 Å². The molecule has 1 saturated carbocycles. The van der Waals surface area contributed by atoms with Crippen molar-refractivity contribution in [2.45, 2.75) is 44.3 Å². The lowest BCUT2D eigenvalue weighted by molar-refractivity contribution is 0.325. The van der Waals surface area contributed by atoms with Gasteiger partial charge < -0.3 is 11.1 Å². The van der Waals surface area contributed by atoms with Gasteiger partial charge in [-0.25, -0.2) is 4.39 Å². The zero-order valence-electron chi connectivity index (χ0n) is 9.45. The highest BCUT2D eigenvalue weighted by molar-refractivity contribution is 5.17. The molecule has 2 rings (SSSR count). The second kappa shape index (κ2) is 5.41. The van der Waals surface area contributed by atoms with E-state index in [2.05, 4.69) is 5.32 Å². The van der Waals surface area contributed by atoms with Gasteiger partial charge in [0.25, 0.3) is 0 Å². The van der Waals surface area contributed by atoms with Crippen LogP contribution in [-0.4, -0.2) is 12.1 Å². The summed E-state index contributed by atoms with van der Waals surface area (Å²) >= 11 is 0. The number of hydrogen-bond donors (Lipinski definition) is 2. The molecule has 2 atom stereocenters. The number of halogens is 1. The molecule has 1 aromatic carbocycles. The van der Waals surface area contributed by atoms with E-state index in [1.54, 1.807) is 6.07 Å². The molecule has 1 aliphatic carbocycles. The molecule has 0 unspecified atom stereocenters. The molecule has 1 aliphatic rings. The normalized spacial score (nSPS) is 25.6. The van der Waals surface area contributed by atoms with Gasteiger partial charge in [-0.15, -0.1) is 0 Å². The average Bonchev–Trinajstić information content (AvgIpc) is 2.30. The van der Waals surface area contributed by atoms with E-state index in [4.69, 9.17) is 5.73 Å². The van der Waals surface area contributed by atoms with Gasteiger partial charge in [-0.1, -0.05) is 31.0 Å². The fourth-order valence-electron chi connectivity index (χ4n) is 2.30. The van der Waals surface area contributed by atoms with Gasteiger partial charge in [0.2, 0.25) is 0 Å². The maximum absolute atomic E-state index is 13.4. The van der Waals surface area contributed by atoms with E-state index in [-0.39, 0.29) is 11.9 Å². The van der Waals surface area contributed by atoms with Crippen LogP contribution in [0.3, 0.4) is 0 Å². The van der Waals surface area contributed by atoms with Crippen LogP contribution in [0.4, 0.5) is 4.39 Å². The molecule has 3 N–H and O–H groups in total. The van der Waals surface area contributed by atoms with Gasteiger partial charge in [0.15, 0.2) is 0 Å². The van der Waals surface area contributed by atoms with Crippen LogP contribution in [0.1, 0.15) is 31.2 Å². The summed E-state index contributed by atoms with van der Waals surface area (Å²) in [6.45, 7) is 0.574. The summed E-state index contributed by atoms with van der Waals surface area (Å²) in [7, 11) is 0. The van der Waals surface area contributed by atoms with Crippen LogP contribution in [0.15, 0.2) is 24.3 Å². The summed E-state index contributed by atoms with van der Waals surface area (Å²) in [6.07, 6.45) is 4.63. The first kappa shape index (κ1) is 11.6. The minimum Gasteiger partial charge on any atom is -0.326 e. The lowest BCUT2D eigenvalue weighted by atomic mass is 9.91. The van der Waals surface area contributed by atoms with Gasteiger partial charge in [-0.2, -0.15) is 0 Å². The minimum atomic E-state index is -0.139. The lowest BCUT2D eigenvalue weighted by Gasteiger charge is -2.29. The SMILES string of the molecule is N[C@@H]1CCCC[C@H]1NCc1ccccc1F. The smallest absolute Gasteiger partial charge is 0.127 e. The molecule has 0 spiro atoms. The molecule has 0 bridgehead atoms. The van der Waals surface area contributed by atoms with Crippen molar-refractivity contribution in [3.8, 4) is 0 Å². The van der Waals surface area contributed by atoms with Gasteiger partial charge in [-0.05, 0) is 18.9 Å². The van der Waals surface area contributed by atoms with Crippen LogP contribution in [0.5, 0.6) is 0 Å². The van der Waals surface area contributed by atoms with Gasteiger partial charge in [0.05, 0.1) is 0 Å². The Morgan fingerprint density at radius 1 is 1.25 bits per heavy atom. The van der Waals surface area contributed by atoms with Crippen LogP contribution < -0.4 is 11.1 Å². The highest BCUT2D eigenvalue weighted by Gasteiger charge is 2.21. The standard InChI is InChI=1S/C13H19FN2/c14-11-6-2-1-5-10(11)9-16-13-8-4-3-7-12(13)15/h1-2,5-6,12-13,16H,3-4,7-9,15H2/t12-,13-/m1/s1. The van der Waals surface area contributed by atoms with E-state index >= 15 is 0 Å². The zero-order valence-corrected chi connectivity index (χ0v) is 9.45. The van der Waals surface area contributed by atoms with Gasteiger partial charge in [0.1, 0.15) is 5.82 Å². The molecule has 0 amide bonds. The van der Waals surface area contributed by atoms with Gasteiger partial charge in [0, 0.05) is 24.2 Å². The third-order valence-corrected chi connectivity index (χ3v) is 3.33. The number of benzene rings is 1. The zero-order chi connectivity index (χ0) is 11.4. The summed E-state index contributed by atoms with van der Waals surface area (Å²) in [5, 5.41) is 3.36. The molecular weight excluding hydrogens is 203 g/mol. The number of nitrogens with one attached hydrogen (secondary N) is 1. The summed E-state index contributed by atoms with van der Waals surface area (Å²) in [4.78, 5) is 0. The minimum absolute atomic E-state index is 0.139. The van der Waals surface area contributed by atoms with Crippen molar-refractivity contribution in [2.24, 2.45) is 5.73 Å². The molecule has 1 fully saturated rings. The van der Waals surface area contributed by atoms with E-state index in [0.29, 0.717) is 12.6 Å². The van der Waals surface area contributed by atoms with Crippen LogP contribution in [0, 0.1) is 5.82 Å².